The molecular weight excluding hydrogens is 254 g/mol. The Morgan fingerprint density at radius 3 is 2.45 bits per heavy atom. The number of rotatable bonds is 6. The first kappa shape index (κ1) is 13.7. The Morgan fingerprint density at radius 1 is 1.00 bits per heavy atom. The number of nitrogens with zero attached hydrogens (tertiary/aromatic N) is 2. The maximum Gasteiger partial charge on any atom is 0.220 e. The van der Waals surface area contributed by atoms with E-state index in [0.717, 1.165) is 5.69 Å². The lowest BCUT2D eigenvalue weighted by Gasteiger charge is -2.06. The van der Waals surface area contributed by atoms with Gasteiger partial charge in [0, 0.05) is 0 Å². The second-order valence-corrected chi connectivity index (χ2v) is 4.07. The van der Waals surface area contributed by atoms with E-state index >= 15 is 0 Å². The Hall–Kier alpha value is -2.69. The SMILES string of the molecule is NC(=O)CCOc1ccccc1N=Nc1ccccc1. The van der Waals surface area contributed by atoms with Crippen LogP contribution in [0.5, 0.6) is 5.75 Å². The van der Waals surface area contributed by atoms with E-state index in [4.69, 9.17) is 10.5 Å². The van der Waals surface area contributed by atoms with E-state index in [1.54, 1.807) is 12.1 Å². The standard InChI is InChI=1S/C15H15N3O2/c16-15(19)10-11-20-14-9-5-4-8-13(14)18-17-12-6-2-1-3-7-12/h1-9H,10-11H2,(H2,16,19). The van der Waals surface area contributed by atoms with Gasteiger partial charge in [-0.25, -0.2) is 0 Å². The van der Waals surface area contributed by atoms with Crippen LogP contribution in [0.25, 0.3) is 0 Å². The molecule has 0 bridgehead atoms. The van der Waals surface area contributed by atoms with Crippen LogP contribution in [0.3, 0.4) is 0 Å². The van der Waals surface area contributed by atoms with Crippen molar-refractivity contribution in [3.63, 3.8) is 0 Å². The van der Waals surface area contributed by atoms with Gasteiger partial charge in [-0.15, -0.1) is 5.11 Å². The lowest BCUT2D eigenvalue weighted by Crippen LogP contribution is -2.14. The molecule has 0 saturated carbocycles. The van der Waals surface area contributed by atoms with Crippen LogP contribution in [-0.4, -0.2) is 12.5 Å². The predicted molar refractivity (Wildman–Crippen MR) is 76.4 cm³/mol. The van der Waals surface area contributed by atoms with Crippen LogP contribution in [0.2, 0.25) is 0 Å². The lowest BCUT2D eigenvalue weighted by molar-refractivity contribution is -0.118. The van der Waals surface area contributed by atoms with Gasteiger partial charge in [-0.3, -0.25) is 4.79 Å². The van der Waals surface area contributed by atoms with Crippen molar-refractivity contribution in [2.75, 3.05) is 6.61 Å². The molecule has 0 radical (unpaired) electrons. The van der Waals surface area contributed by atoms with Crippen LogP contribution in [0.1, 0.15) is 6.42 Å². The number of ether oxygens (including phenoxy) is 1. The van der Waals surface area contributed by atoms with Gasteiger partial charge in [-0.2, -0.15) is 5.11 Å². The normalized spacial score (nSPS) is 10.6. The summed E-state index contributed by atoms with van der Waals surface area (Å²) in [5.74, 6) is 0.182. The van der Waals surface area contributed by atoms with Gasteiger partial charge in [0.1, 0.15) is 11.4 Å². The second-order valence-electron chi connectivity index (χ2n) is 4.07. The van der Waals surface area contributed by atoms with Gasteiger partial charge in [0.15, 0.2) is 0 Å². The van der Waals surface area contributed by atoms with E-state index in [0.29, 0.717) is 11.4 Å². The van der Waals surface area contributed by atoms with Crippen LogP contribution in [0, 0.1) is 0 Å². The van der Waals surface area contributed by atoms with Gasteiger partial charge in [0.2, 0.25) is 5.91 Å². The molecule has 5 nitrogen and oxygen atoms in total. The van der Waals surface area contributed by atoms with E-state index in [-0.39, 0.29) is 13.0 Å². The number of azo groups is 1. The summed E-state index contributed by atoms with van der Waals surface area (Å²) < 4.78 is 5.48. The largest absolute Gasteiger partial charge is 0.491 e. The van der Waals surface area contributed by atoms with Crippen molar-refractivity contribution in [2.24, 2.45) is 16.0 Å². The van der Waals surface area contributed by atoms with Crippen molar-refractivity contribution in [2.45, 2.75) is 6.42 Å². The summed E-state index contributed by atoms with van der Waals surface area (Å²) in [6.07, 6.45) is 0.171. The molecule has 0 atom stereocenters. The van der Waals surface area contributed by atoms with Crippen LogP contribution in [0.4, 0.5) is 11.4 Å². The van der Waals surface area contributed by atoms with Gasteiger partial charge in [0.05, 0.1) is 18.7 Å². The summed E-state index contributed by atoms with van der Waals surface area (Å²) in [5.41, 5.74) is 6.44. The summed E-state index contributed by atoms with van der Waals surface area (Å²) in [6, 6.07) is 16.7. The zero-order chi connectivity index (χ0) is 14.2. The Morgan fingerprint density at radius 2 is 1.70 bits per heavy atom. The molecule has 102 valence electrons. The molecule has 0 saturated heterocycles. The van der Waals surface area contributed by atoms with Crippen molar-refractivity contribution >= 4 is 17.3 Å². The quantitative estimate of drug-likeness (QED) is 0.816. The molecule has 5 heteroatoms. The number of hydrogen-bond donors (Lipinski definition) is 1. The number of carbonyl (C=O) groups excluding carboxylic acids is 1. The third-order valence-corrected chi connectivity index (χ3v) is 2.50. The molecule has 2 N–H and O–H groups in total. The fourth-order valence-electron chi connectivity index (χ4n) is 1.53. The molecule has 1 amide bonds. The van der Waals surface area contributed by atoms with Crippen molar-refractivity contribution in [1.29, 1.82) is 0 Å². The molecule has 0 aliphatic carbocycles. The Bertz CT molecular complexity index is 597. The van der Waals surface area contributed by atoms with E-state index in [1.165, 1.54) is 0 Å². The highest BCUT2D eigenvalue weighted by molar-refractivity contribution is 5.73. The third-order valence-electron chi connectivity index (χ3n) is 2.50. The number of amides is 1. The molecule has 0 unspecified atom stereocenters. The minimum atomic E-state index is -0.395. The average Bonchev–Trinajstić information content (AvgIpc) is 2.47. The minimum absolute atomic E-state index is 0.171. The van der Waals surface area contributed by atoms with Gasteiger partial charge in [-0.05, 0) is 24.3 Å². The number of hydrogen-bond acceptors (Lipinski definition) is 4. The molecular formula is C15H15N3O2. The van der Waals surface area contributed by atoms with Crippen LogP contribution >= 0.6 is 0 Å². The molecule has 0 aliphatic heterocycles. The average molecular weight is 269 g/mol. The Balaban J connectivity index is 2.07. The van der Waals surface area contributed by atoms with Crippen LogP contribution in [-0.2, 0) is 4.79 Å². The number of carbonyl (C=O) groups is 1. The fourth-order valence-corrected chi connectivity index (χ4v) is 1.53. The minimum Gasteiger partial charge on any atom is -0.491 e. The lowest BCUT2D eigenvalue weighted by atomic mass is 10.3. The first-order valence-corrected chi connectivity index (χ1v) is 6.22. The predicted octanol–water partition coefficient (Wildman–Crippen LogP) is 3.36. The summed E-state index contributed by atoms with van der Waals surface area (Å²) in [7, 11) is 0. The number of nitrogens with two attached hydrogens (primary N) is 1. The van der Waals surface area contributed by atoms with Crippen molar-refractivity contribution in [1.82, 2.24) is 0 Å². The smallest absolute Gasteiger partial charge is 0.220 e. The van der Waals surface area contributed by atoms with Crippen LogP contribution < -0.4 is 10.5 Å². The highest BCUT2D eigenvalue weighted by atomic mass is 16.5. The van der Waals surface area contributed by atoms with E-state index in [2.05, 4.69) is 10.2 Å². The number of para-hydroxylation sites is 1. The topological polar surface area (TPSA) is 77.0 Å². The fraction of sp³-hybridized carbons (Fsp3) is 0.133. The van der Waals surface area contributed by atoms with E-state index in [9.17, 15) is 4.79 Å². The van der Waals surface area contributed by atoms with E-state index in [1.807, 2.05) is 42.5 Å². The maximum atomic E-state index is 10.7. The monoisotopic (exact) mass is 269 g/mol. The molecule has 0 spiro atoms. The summed E-state index contributed by atoms with van der Waals surface area (Å²) in [6.45, 7) is 0.229. The number of primary amides is 1. The molecule has 2 aromatic carbocycles. The molecule has 0 fully saturated rings. The number of benzene rings is 2. The zero-order valence-corrected chi connectivity index (χ0v) is 10.9. The maximum absolute atomic E-state index is 10.7. The van der Waals surface area contributed by atoms with E-state index < -0.39 is 5.91 Å². The summed E-state index contributed by atoms with van der Waals surface area (Å²) in [5, 5.41) is 8.29. The van der Waals surface area contributed by atoms with Crippen molar-refractivity contribution in [3.05, 3.63) is 54.6 Å². The van der Waals surface area contributed by atoms with Gasteiger partial charge < -0.3 is 10.5 Å². The van der Waals surface area contributed by atoms with Gasteiger partial charge in [0.25, 0.3) is 0 Å². The van der Waals surface area contributed by atoms with Gasteiger partial charge >= 0.3 is 0 Å². The van der Waals surface area contributed by atoms with Crippen molar-refractivity contribution < 1.29 is 9.53 Å². The highest BCUT2D eigenvalue weighted by Gasteiger charge is 2.03. The van der Waals surface area contributed by atoms with Gasteiger partial charge in [-0.1, -0.05) is 30.3 Å². The zero-order valence-electron chi connectivity index (χ0n) is 10.9. The first-order chi connectivity index (χ1) is 9.75. The first-order valence-electron chi connectivity index (χ1n) is 6.22. The summed E-state index contributed by atoms with van der Waals surface area (Å²) in [4.78, 5) is 10.7. The molecule has 0 aliphatic rings. The highest BCUT2D eigenvalue weighted by Crippen LogP contribution is 2.28. The second kappa shape index (κ2) is 7.04. The Labute approximate surface area is 117 Å². The molecule has 0 heterocycles. The molecule has 2 aromatic rings. The van der Waals surface area contributed by atoms with Crippen LogP contribution in [0.15, 0.2) is 64.8 Å². The molecule has 0 aromatic heterocycles. The third kappa shape index (κ3) is 4.20. The van der Waals surface area contributed by atoms with Crippen molar-refractivity contribution in [3.8, 4) is 5.75 Å². The molecule has 2 rings (SSSR count). The summed E-state index contributed by atoms with van der Waals surface area (Å²) >= 11 is 0. The molecule has 20 heavy (non-hydrogen) atoms. The Kier molecular flexibility index (Phi) is 4.83.